The minimum Gasteiger partial charge on any atom is -0.497 e. The zero-order chi connectivity index (χ0) is 17.9. The van der Waals surface area contributed by atoms with E-state index in [4.69, 9.17) is 9.47 Å². The number of nitrogens with one attached hydrogen (secondary N) is 2. The zero-order valence-electron chi connectivity index (χ0n) is 14.9. The number of methoxy groups -OCH3 is 1. The molecule has 5 nitrogen and oxygen atoms in total. The summed E-state index contributed by atoms with van der Waals surface area (Å²) >= 11 is 0. The Morgan fingerprint density at radius 2 is 1.48 bits per heavy atom. The van der Waals surface area contributed by atoms with Crippen LogP contribution in [0.1, 0.15) is 18.1 Å². The lowest BCUT2D eigenvalue weighted by atomic mass is 10.1. The Bertz CT molecular complexity index is 639. The third-order valence-electron chi connectivity index (χ3n) is 3.85. The van der Waals surface area contributed by atoms with Crippen LogP contribution in [0.3, 0.4) is 0 Å². The summed E-state index contributed by atoms with van der Waals surface area (Å²) in [6.45, 7) is 3.60. The number of benzene rings is 2. The molecule has 0 bridgehead atoms. The number of hydrogen-bond acceptors (Lipinski definition) is 3. The highest BCUT2D eigenvalue weighted by Gasteiger charge is 2.01. The van der Waals surface area contributed by atoms with Crippen molar-refractivity contribution >= 4 is 6.03 Å². The molecule has 0 heterocycles. The number of urea groups is 1. The number of ether oxygens (including phenoxy) is 2. The van der Waals surface area contributed by atoms with Crippen molar-refractivity contribution in [2.24, 2.45) is 0 Å². The maximum Gasteiger partial charge on any atom is 0.314 e. The predicted octanol–water partition coefficient (Wildman–Crippen LogP) is 3.18. The Labute approximate surface area is 149 Å². The number of rotatable bonds is 9. The lowest BCUT2D eigenvalue weighted by Gasteiger charge is -2.09. The molecule has 0 aliphatic rings. The zero-order valence-corrected chi connectivity index (χ0v) is 14.9. The first-order chi connectivity index (χ1) is 12.2. The summed E-state index contributed by atoms with van der Waals surface area (Å²) in [5, 5.41) is 5.62. The third-order valence-corrected chi connectivity index (χ3v) is 3.85. The van der Waals surface area contributed by atoms with Gasteiger partial charge in [-0.2, -0.15) is 0 Å². The van der Waals surface area contributed by atoms with Crippen molar-refractivity contribution in [2.45, 2.75) is 19.8 Å². The summed E-state index contributed by atoms with van der Waals surface area (Å²) in [5.41, 5.74) is 2.43. The van der Waals surface area contributed by atoms with Gasteiger partial charge in [-0.3, -0.25) is 0 Å². The molecule has 0 saturated heterocycles. The number of aryl methyl sites for hydroxylation is 1. The maximum absolute atomic E-state index is 11.7. The number of amides is 2. The molecule has 0 saturated carbocycles. The highest BCUT2D eigenvalue weighted by Crippen LogP contribution is 2.12. The van der Waals surface area contributed by atoms with Crippen molar-refractivity contribution in [3.05, 3.63) is 59.7 Å². The molecule has 5 heteroatoms. The average Bonchev–Trinajstić information content (AvgIpc) is 2.66. The first-order valence-corrected chi connectivity index (χ1v) is 8.57. The van der Waals surface area contributed by atoms with Gasteiger partial charge in [0, 0.05) is 6.54 Å². The standard InChI is InChI=1S/C20H26N2O3/c1-3-16-4-10-19(11-5-16)25-15-14-22-20(23)21-13-12-17-6-8-18(24-2)9-7-17/h4-11H,3,12-15H2,1-2H3,(H2,21,22,23). The first kappa shape index (κ1) is 18.6. The fourth-order valence-corrected chi connectivity index (χ4v) is 2.33. The van der Waals surface area contributed by atoms with E-state index >= 15 is 0 Å². The fourth-order valence-electron chi connectivity index (χ4n) is 2.33. The SMILES string of the molecule is CCc1ccc(OCCNC(=O)NCCc2ccc(OC)cc2)cc1. The number of carbonyl (C=O) groups excluding carboxylic acids is 1. The summed E-state index contributed by atoms with van der Waals surface area (Å²) < 4.78 is 10.7. The van der Waals surface area contributed by atoms with Crippen molar-refractivity contribution in [1.82, 2.24) is 10.6 Å². The third kappa shape index (κ3) is 6.75. The average molecular weight is 342 g/mol. The van der Waals surface area contributed by atoms with E-state index in [1.54, 1.807) is 7.11 Å². The Kier molecular flexibility index (Phi) is 7.63. The van der Waals surface area contributed by atoms with Gasteiger partial charge in [0.15, 0.2) is 0 Å². The predicted molar refractivity (Wildman–Crippen MR) is 99.4 cm³/mol. The smallest absolute Gasteiger partial charge is 0.314 e. The van der Waals surface area contributed by atoms with Gasteiger partial charge in [-0.25, -0.2) is 4.79 Å². The van der Waals surface area contributed by atoms with Crippen LogP contribution < -0.4 is 20.1 Å². The van der Waals surface area contributed by atoms with E-state index in [9.17, 15) is 4.79 Å². The van der Waals surface area contributed by atoms with Crippen molar-refractivity contribution in [3.8, 4) is 11.5 Å². The van der Waals surface area contributed by atoms with Crippen LogP contribution in [0.5, 0.6) is 11.5 Å². The molecule has 2 N–H and O–H groups in total. The lowest BCUT2D eigenvalue weighted by Crippen LogP contribution is -2.38. The Morgan fingerprint density at radius 3 is 2.12 bits per heavy atom. The minimum atomic E-state index is -0.182. The molecule has 0 aromatic heterocycles. The highest BCUT2D eigenvalue weighted by molar-refractivity contribution is 5.73. The molecule has 0 aliphatic heterocycles. The second kappa shape index (κ2) is 10.2. The molecule has 2 aromatic carbocycles. The Morgan fingerprint density at radius 1 is 0.880 bits per heavy atom. The topological polar surface area (TPSA) is 59.6 Å². The van der Waals surface area contributed by atoms with Gasteiger partial charge in [-0.1, -0.05) is 31.2 Å². The summed E-state index contributed by atoms with van der Waals surface area (Å²) in [6, 6.07) is 15.6. The van der Waals surface area contributed by atoms with Crippen LogP contribution in [-0.4, -0.2) is 32.8 Å². The van der Waals surface area contributed by atoms with Gasteiger partial charge in [0.25, 0.3) is 0 Å². The number of hydrogen-bond donors (Lipinski definition) is 2. The molecule has 0 radical (unpaired) electrons. The minimum absolute atomic E-state index is 0.182. The Balaban J connectivity index is 1.57. The van der Waals surface area contributed by atoms with E-state index < -0.39 is 0 Å². The van der Waals surface area contributed by atoms with E-state index in [0.29, 0.717) is 19.7 Å². The van der Waals surface area contributed by atoms with E-state index in [1.165, 1.54) is 5.56 Å². The number of carbonyl (C=O) groups is 1. The van der Waals surface area contributed by atoms with Gasteiger partial charge in [-0.15, -0.1) is 0 Å². The van der Waals surface area contributed by atoms with Gasteiger partial charge in [-0.05, 0) is 48.2 Å². The molecule has 0 unspecified atom stereocenters. The molecule has 0 spiro atoms. The highest BCUT2D eigenvalue weighted by atomic mass is 16.5. The molecule has 0 atom stereocenters. The molecule has 2 amide bonds. The summed E-state index contributed by atoms with van der Waals surface area (Å²) in [5.74, 6) is 1.65. The van der Waals surface area contributed by atoms with Crippen LogP contribution in [0.15, 0.2) is 48.5 Å². The second-order valence-corrected chi connectivity index (χ2v) is 5.63. The monoisotopic (exact) mass is 342 g/mol. The molecule has 0 aliphatic carbocycles. The van der Waals surface area contributed by atoms with Gasteiger partial charge < -0.3 is 20.1 Å². The van der Waals surface area contributed by atoms with Crippen molar-refractivity contribution in [1.29, 1.82) is 0 Å². The maximum atomic E-state index is 11.7. The summed E-state index contributed by atoms with van der Waals surface area (Å²) in [6.07, 6.45) is 1.79. The van der Waals surface area contributed by atoms with Crippen molar-refractivity contribution < 1.29 is 14.3 Å². The molecule has 2 aromatic rings. The van der Waals surface area contributed by atoms with Gasteiger partial charge in [0.05, 0.1) is 13.7 Å². The van der Waals surface area contributed by atoms with Crippen LogP contribution in [0, 0.1) is 0 Å². The second-order valence-electron chi connectivity index (χ2n) is 5.63. The van der Waals surface area contributed by atoms with Crippen molar-refractivity contribution in [2.75, 3.05) is 26.8 Å². The van der Waals surface area contributed by atoms with E-state index in [1.807, 2.05) is 36.4 Å². The van der Waals surface area contributed by atoms with Gasteiger partial charge in [0.1, 0.15) is 18.1 Å². The van der Waals surface area contributed by atoms with E-state index in [2.05, 4.69) is 29.7 Å². The van der Waals surface area contributed by atoms with Gasteiger partial charge in [0.2, 0.25) is 0 Å². The van der Waals surface area contributed by atoms with Crippen LogP contribution in [0.4, 0.5) is 4.79 Å². The van der Waals surface area contributed by atoms with Crippen LogP contribution in [-0.2, 0) is 12.8 Å². The van der Waals surface area contributed by atoms with Crippen LogP contribution in [0.25, 0.3) is 0 Å². The van der Waals surface area contributed by atoms with Gasteiger partial charge >= 0.3 is 6.03 Å². The normalized spacial score (nSPS) is 10.2. The van der Waals surface area contributed by atoms with Crippen LogP contribution in [0.2, 0.25) is 0 Å². The van der Waals surface area contributed by atoms with Crippen LogP contribution >= 0.6 is 0 Å². The lowest BCUT2D eigenvalue weighted by molar-refractivity contribution is 0.236. The molecule has 25 heavy (non-hydrogen) atoms. The largest absolute Gasteiger partial charge is 0.497 e. The first-order valence-electron chi connectivity index (χ1n) is 8.57. The molecule has 0 fully saturated rings. The van der Waals surface area contributed by atoms with E-state index in [0.717, 1.165) is 29.9 Å². The summed E-state index contributed by atoms with van der Waals surface area (Å²) in [4.78, 5) is 11.7. The van der Waals surface area contributed by atoms with E-state index in [-0.39, 0.29) is 6.03 Å². The molecular weight excluding hydrogens is 316 g/mol. The molecular formula is C20H26N2O3. The fraction of sp³-hybridized carbons (Fsp3) is 0.350. The summed E-state index contributed by atoms with van der Waals surface area (Å²) in [7, 11) is 1.64. The molecule has 2 rings (SSSR count). The quantitative estimate of drug-likeness (QED) is 0.688. The molecule has 134 valence electrons. The Hall–Kier alpha value is -2.69. The van der Waals surface area contributed by atoms with Crippen molar-refractivity contribution in [3.63, 3.8) is 0 Å².